The molecule has 3 aromatic rings. The quantitative estimate of drug-likeness (QED) is 0.504. The van der Waals surface area contributed by atoms with Gasteiger partial charge in [-0.1, -0.05) is 18.2 Å². The summed E-state index contributed by atoms with van der Waals surface area (Å²) in [5.41, 5.74) is 4.90. The van der Waals surface area contributed by atoms with Gasteiger partial charge < -0.3 is 10.7 Å². The zero-order valence-corrected chi connectivity index (χ0v) is 11.1. The first-order valence-corrected chi connectivity index (χ1v) is 6.36. The van der Waals surface area contributed by atoms with Gasteiger partial charge in [-0.25, -0.2) is 4.98 Å². The third-order valence-electron chi connectivity index (χ3n) is 3.04. The SMILES string of the molecule is NNc1cc(C(=O)Nc2ccncc2)nc2ccccc12. The Morgan fingerprint density at radius 2 is 1.86 bits per heavy atom. The molecule has 0 fully saturated rings. The first-order chi connectivity index (χ1) is 10.3. The van der Waals surface area contributed by atoms with Crippen LogP contribution in [0, 0.1) is 0 Å². The van der Waals surface area contributed by atoms with E-state index in [1.54, 1.807) is 30.6 Å². The van der Waals surface area contributed by atoms with Crippen molar-refractivity contribution in [3.05, 3.63) is 60.6 Å². The topological polar surface area (TPSA) is 92.9 Å². The molecular formula is C15H13N5O. The van der Waals surface area contributed by atoms with Gasteiger partial charge in [-0.05, 0) is 24.3 Å². The van der Waals surface area contributed by atoms with Crippen LogP contribution in [0.15, 0.2) is 54.9 Å². The van der Waals surface area contributed by atoms with E-state index < -0.39 is 0 Å². The number of nitrogens with one attached hydrogen (secondary N) is 2. The molecule has 0 atom stereocenters. The predicted octanol–water partition coefficient (Wildman–Crippen LogP) is 2.17. The van der Waals surface area contributed by atoms with E-state index in [0.29, 0.717) is 22.6 Å². The van der Waals surface area contributed by atoms with Gasteiger partial charge in [0.25, 0.3) is 5.91 Å². The first-order valence-electron chi connectivity index (χ1n) is 6.36. The summed E-state index contributed by atoms with van der Waals surface area (Å²) in [5.74, 6) is 5.22. The van der Waals surface area contributed by atoms with Crippen molar-refractivity contribution < 1.29 is 4.79 Å². The zero-order valence-electron chi connectivity index (χ0n) is 11.1. The molecule has 0 aliphatic rings. The molecule has 0 aliphatic carbocycles. The fourth-order valence-electron chi connectivity index (χ4n) is 2.04. The van der Waals surface area contributed by atoms with Gasteiger partial charge in [-0.2, -0.15) is 0 Å². The summed E-state index contributed by atoms with van der Waals surface area (Å²) < 4.78 is 0. The zero-order chi connectivity index (χ0) is 14.7. The minimum atomic E-state index is -0.302. The molecule has 0 unspecified atom stereocenters. The Balaban J connectivity index is 1.98. The third kappa shape index (κ3) is 2.65. The maximum atomic E-state index is 12.3. The van der Waals surface area contributed by atoms with Gasteiger partial charge >= 0.3 is 0 Å². The molecule has 0 spiro atoms. The normalized spacial score (nSPS) is 10.3. The fraction of sp³-hybridized carbons (Fsp3) is 0. The Bertz CT molecular complexity index is 788. The average Bonchev–Trinajstić information content (AvgIpc) is 2.54. The summed E-state index contributed by atoms with van der Waals surface area (Å²) in [4.78, 5) is 20.5. The second kappa shape index (κ2) is 5.56. The number of nitrogens with zero attached hydrogens (tertiary/aromatic N) is 2. The van der Waals surface area contributed by atoms with Crippen LogP contribution in [0.1, 0.15) is 10.5 Å². The molecular weight excluding hydrogens is 266 g/mol. The van der Waals surface area contributed by atoms with Crippen LogP contribution in [0.5, 0.6) is 0 Å². The highest BCUT2D eigenvalue weighted by atomic mass is 16.1. The number of hydrazine groups is 1. The molecule has 2 aromatic heterocycles. The smallest absolute Gasteiger partial charge is 0.274 e. The number of fused-ring (bicyclic) bond motifs is 1. The first kappa shape index (κ1) is 13.0. The van der Waals surface area contributed by atoms with Gasteiger partial charge in [0.15, 0.2) is 0 Å². The second-order valence-corrected chi connectivity index (χ2v) is 4.41. The average molecular weight is 279 g/mol. The number of hydrogen-bond donors (Lipinski definition) is 3. The number of carbonyl (C=O) groups is 1. The van der Waals surface area contributed by atoms with E-state index in [9.17, 15) is 4.79 Å². The molecule has 6 heteroatoms. The molecule has 0 aliphatic heterocycles. The lowest BCUT2D eigenvalue weighted by atomic mass is 10.1. The standard InChI is InChI=1S/C15H13N5O/c16-20-13-9-14(19-12-4-2-1-3-11(12)13)15(21)18-10-5-7-17-8-6-10/h1-9H,16H2,(H,19,20)(H,17,18,21). The van der Waals surface area contributed by atoms with E-state index in [2.05, 4.69) is 20.7 Å². The van der Waals surface area contributed by atoms with Crippen molar-refractivity contribution in [3.8, 4) is 0 Å². The Morgan fingerprint density at radius 1 is 1.10 bits per heavy atom. The minimum absolute atomic E-state index is 0.290. The molecule has 104 valence electrons. The molecule has 6 nitrogen and oxygen atoms in total. The molecule has 0 saturated heterocycles. The lowest BCUT2D eigenvalue weighted by Gasteiger charge is -2.09. The summed E-state index contributed by atoms with van der Waals surface area (Å²) in [5, 5.41) is 3.63. The van der Waals surface area contributed by atoms with Gasteiger partial charge in [-0.15, -0.1) is 0 Å². The van der Waals surface area contributed by atoms with Gasteiger partial charge in [0.05, 0.1) is 11.2 Å². The van der Waals surface area contributed by atoms with Crippen molar-refractivity contribution >= 4 is 28.2 Å². The van der Waals surface area contributed by atoms with Crippen LogP contribution < -0.4 is 16.6 Å². The van der Waals surface area contributed by atoms with E-state index >= 15 is 0 Å². The Labute approximate surface area is 121 Å². The van der Waals surface area contributed by atoms with Crippen LogP contribution >= 0.6 is 0 Å². The number of hydrogen-bond acceptors (Lipinski definition) is 5. The number of nitrogens with two attached hydrogens (primary N) is 1. The van der Waals surface area contributed by atoms with Crippen molar-refractivity contribution in [1.82, 2.24) is 9.97 Å². The van der Waals surface area contributed by atoms with Gasteiger partial charge in [0, 0.05) is 23.5 Å². The molecule has 1 amide bonds. The number of nitrogen functional groups attached to an aromatic ring is 1. The number of carbonyl (C=O) groups excluding carboxylic acids is 1. The minimum Gasteiger partial charge on any atom is -0.323 e. The lowest BCUT2D eigenvalue weighted by molar-refractivity contribution is 0.102. The summed E-state index contributed by atoms with van der Waals surface area (Å²) in [6.07, 6.45) is 3.21. The summed E-state index contributed by atoms with van der Waals surface area (Å²) in [7, 11) is 0. The molecule has 0 radical (unpaired) electrons. The molecule has 1 aromatic carbocycles. The van der Waals surface area contributed by atoms with E-state index in [0.717, 1.165) is 5.39 Å². The number of para-hydroxylation sites is 1. The van der Waals surface area contributed by atoms with Crippen molar-refractivity contribution in [1.29, 1.82) is 0 Å². The van der Waals surface area contributed by atoms with E-state index in [-0.39, 0.29) is 5.91 Å². The van der Waals surface area contributed by atoms with Crippen LogP contribution in [-0.4, -0.2) is 15.9 Å². The number of aromatic nitrogens is 2. The largest absolute Gasteiger partial charge is 0.323 e. The Hall–Kier alpha value is -2.99. The van der Waals surface area contributed by atoms with E-state index in [4.69, 9.17) is 5.84 Å². The van der Waals surface area contributed by atoms with Crippen LogP contribution in [0.25, 0.3) is 10.9 Å². The van der Waals surface area contributed by atoms with Crippen LogP contribution in [0.2, 0.25) is 0 Å². The molecule has 3 rings (SSSR count). The highest BCUT2D eigenvalue weighted by Gasteiger charge is 2.11. The molecule has 4 N–H and O–H groups in total. The van der Waals surface area contributed by atoms with Gasteiger partial charge in [-0.3, -0.25) is 15.6 Å². The summed E-state index contributed by atoms with van der Waals surface area (Å²) in [6.45, 7) is 0. The number of amides is 1. The number of pyridine rings is 2. The van der Waals surface area contributed by atoms with Crippen LogP contribution in [-0.2, 0) is 0 Å². The summed E-state index contributed by atoms with van der Waals surface area (Å²) in [6, 6.07) is 12.5. The number of rotatable bonds is 3. The van der Waals surface area contributed by atoms with Crippen molar-refractivity contribution in [2.24, 2.45) is 5.84 Å². The number of anilines is 2. The molecule has 0 saturated carbocycles. The van der Waals surface area contributed by atoms with Gasteiger partial charge in [0.2, 0.25) is 0 Å². The lowest BCUT2D eigenvalue weighted by Crippen LogP contribution is -2.15. The molecule has 21 heavy (non-hydrogen) atoms. The predicted molar refractivity (Wildman–Crippen MR) is 81.7 cm³/mol. The highest BCUT2D eigenvalue weighted by molar-refractivity contribution is 6.06. The second-order valence-electron chi connectivity index (χ2n) is 4.41. The van der Waals surface area contributed by atoms with E-state index in [1.807, 2.05) is 24.3 Å². The summed E-state index contributed by atoms with van der Waals surface area (Å²) >= 11 is 0. The van der Waals surface area contributed by atoms with Crippen molar-refractivity contribution in [2.45, 2.75) is 0 Å². The third-order valence-corrected chi connectivity index (χ3v) is 3.04. The van der Waals surface area contributed by atoms with E-state index in [1.165, 1.54) is 0 Å². The van der Waals surface area contributed by atoms with Crippen molar-refractivity contribution in [2.75, 3.05) is 10.7 Å². The number of benzene rings is 1. The Morgan fingerprint density at radius 3 is 2.62 bits per heavy atom. The van der Waals surface area contributed by atoms with Crippen LogP contribution in [0.3, 0.4) is 0 Å². The highest BCUT2D eigenvalue weighted by Crippen LogP contribution is 2.22. The maximum Gasteiger partial charge on any atom is 0.274 e. The maximum absolute atomic E-state index is 12.3. The molecule has 0 bridgehead atoms. The van der Waals surface area contributed by atoms with Crippen molar-refractivity contribution in [3.63, 3.8) is 0 Å². The van der Waals surface area contributed by atoms with Gasteiger partial charge in [0.1, 0.15) is 5.69 Å². The Kier molecular flexibility index (Phi) is 3.44. The fourth-order valence-corrected chi connectivity index (χ4v) is 2.04. The van der Waals surface area contributed by atoms with Crippen LogP contribution in [0.4, 0.5) is 11.4 Å². The monoisotopic (exact) mass is 279 g/mol. The molecule has 2 heterocycles.